The van der Waals surface area contributed by atoms with Gasteiger partial charge in [0.15, 0.2) is 11.5 Å². The first-order valence-corrected chi connectivity index (χ1v) is 9.47. The van der Waals surface area contributed by atoms with Gasteiger partial charge in [0, 0.05) is 18.2 Å². The Morgan fingerprint density at radius 2 is 1.79 bits per heavy atom. The van der Waals surface area contributed by atoms with Crippen molar-refractivity contribution in [2.45, 2.75) is 26.1 Å². The summed E-state index contributed by atoms with van der Waals surface area (Å²) in [5.41, 5.74) is 2.63. The molecule has 0 radical (unpaired) electrons. The van der Waals surface area contributed by atoms with Crippen LogP contribution in [0.1, 0.15) is 29.7 Å². The minimum atomic E-state index is -0.387. The number of benzene rings is 3. The molecule has 0 saturated carbocycles. The second kappa shape index (κ2) is 9.58. The van der Waals surface area contributed by atoms with Crippen LogP contribution in [0.5, 0.6) is 11.5 Å². The van der Waals surface area contributed by atoms with Crippen LogP contribution in [0.4, 0.5) is 4.39 Å². The summed E-state index contributed by atoms with van der Waals surface area (Å²) in [6, 6.07) is 20.8. The van der Waals surface area contributed by atoms with Crippen LogP contribution in [0, 0.1) is 5.82 Å². The standard InChI is InChI=1S/C23H23ClFNO2/c1-16(18-7-4-3-5-8-18)26-14-17-11-12-22(23(13-17)27-2)28-15-19-20(24)9-6-10-21(19)25/h3-13,16,26H,14-15H2,1-2H3. The van der Waals surface area contributed by atoms with Gasteiger partial charge in [0.1, 0.15) is 12.4 Å². The summed E-state index contributed by atoms with van der Waals surface area (Å²) in [4.78, 5) is 0. The third-order valence-electron chi connectivity index (χ3n) is 4.57. The Morgan fingerprint density at radius 1 is 1.00 bits per heavy atom. The Morgan fingerprint density at radius 3 is 2.50 bits per heavy atom. The second-order valence-electron chi connectivity index (χ2n) is 6.49. The first-order valence-electron chi connectivity index (χ1n) is 9.09. The molecular weight excluding hydrogens is 377 g/mol. The van der Waals surface area contributed by atoms with Crippen molar-refractivity contribution in [3.8, 4) is 11.5 Å². The molecule has 0 aromatic heterocycles. The number of ether oxygens (including phenoxy) is 2. The van der Waals surface area contributed by atoms with Gasteiger partial charge in [0.2, 0.25) is 0 Å². The van der Waals surface area contributed by atoms with Gasteiger partial charge >= 0.3 is 0 Å². The molecule has 0 saturated heterocycles. The van der Waals surface area contributed by atoms with E-state index in [0.29, 0.717) is 28.6 Å². The molecule has 3 aromatic carbocycles. The maximum atomic E-state index is 13.9. The van der Waals surface area contributed by atoms with Gasteiger partial charge in [-0.3, -0.25) is 0 Å². The molecule has 0 aliphatic rings. The lowest BCUT2D eigenvalue weighted by molar-refractivity contribution is 0.279. The summed E-state index contributed by atoms with van der Waals surface area (Å²) in [6.07, 6.45) is 0. The zero-order valence-corrected chi connectivity index (χ0v) is 16.7. The summed E-state index contributed by atoms with van der Waals surface area (Å²) in [7, 11) is 1.59. The van der Waals surface area contributed by atoms with E-state index >= 15 is 0 Å². The molecular formula is C23H23ClFNO2. The summed E-state index contributed by atoms with van der Waals surface area (Å²) in [6.45, 7) is 2.85. The van der Waals surface area contributed by atoms with E-state index in [4.69, 9.17) is 21.1 Å². The molecule has 0 aliphatic heterocycles. The Balaban J connectivity index is 1.65. The Kier molecular flexibility index (Phi) is 6.90. The normalized spacial score (nSPS) is 11.9. The zero-order valence-electron chi connectivity index (χ0n) is 15.9. The molecule has 0 spiro atoms. The van der Waals surface area contributed by atoms with E-state index in [1.165, 1.54) is 11.6 Å². The molecule has 146 valence electrons. The minimum Gasteiger partial charge on any atom is -0.493 e. The van der Waals surface area contributed by atoms with Crippen molar-refractivity contribution in [1.29, 1.82) is 0 Å². The summed E-state index contributed by atoms with van der Waals surface area (Å²) < 4.78 is 25.1. The summed E-state index contributed by atoms with van der Waals surface area (Å²) in [5.74, 6) is 0.753. The SMILES string of the molecule is COc1cc(CNC(C)c2ccccc2)ccc1OCc1c(F)cccc1Cl. The summed E-state index contributed by atoms with van der Waals surface area (Å²) in [5, 5.41) is 3.84. The van der Waals surface area contributed by atoms with Crippen LogP contribution in [0.25, 0.3) is 0 Å². The molecule has 3 nitrogen and oxygen atoms in total. The van der Waals surface area contributed by atoms with Gasteiger partial charge in [-0.05, 0) is 42.3 Å². The van der Waals surface area contributed by atoms with Gasteiger partial charge in [0.05, 0.1) is 12.1 Å². The molecule has 3 rings (SSSR count). The van der Waals surface area contributed by atoms with E-state index in [2.05, 4.69) is 24.4 Å². The van der Waals surface area contributed by atoms with E-state index < -0.39 is 0 Å². The molecule has 3 aromatic rings. The predicted molar refractivity (Wildman–Crippen MR) is 110 cm³/mol. The number of hydrogen-bond donors (Lipinski definition) is 1. The van der Waals surface area contributed by atoms with Gasteiger partial charge < -0.3 is 14.8 Å². The van der Waals surface area contributed by atoms with Crippen molar-refractivity contribution in [2.75, 3.05) is 7.11 Å². The second-order valence-corrected chi connectivity index (χ2v) is 6.89. The lowest BCUT2D eigenvalue weighted by Gasteiger charge is -2.16. The van der Waals surface area contributed by atoms with Crippen LogP contribution in [-0.4, -0.2) is 7.11 Å². The minimum absolute atomic E-state index is 0.0322. The molecule has 1 atom stereocenters. The van der Waals surface area contributed by atoms with Crippen molar-refractivity contribution >= 4 is 11.6 Å². The number of rotatable bonds is 8. The number of halogens is 2. The highest BCUT2D eigenvalue weighted by Crippen LogP contribution is 2.30. The largest absolute Gasteiger partial charge is 0.493 e. The molecule has 0 bridgehead atoms. The average molecular weight is 400 g/mol. The molecule has 5 heteroatoms. The molecule has 0 aliphatic carbocycles. The lowest BCUT2D eigenvalue weighted by Crippen LogP contribution is -2.18. The first kappa shape index (κ1) is 20.2. The van der Waals surface area contributed by atoms with Crippen LogP contribution < -0.4 is 14.8 Å². The van der Waals surface area contributed by atoms with Gasteiger partial charge in [0.25, 0.3) is 0 Å². The van der Waals surface area contributed by atoms with E-state index in [-0.39, 0.29) is 18.5 Å². The molecule has 28 heavy (non-hydrogen) atoms. The van der Waals surface area contributed by atoms with E-state index in [1.54, 1.807) is 19.2 Å². The molecule has 0 heterocycles. The number of hydrogen-bond acceptors (Lipinski definition) is 3. The van der Waals surface area contributed by atoms with E-state index in [9.17, 15) is 4.39 Å². The fourth-order valence-corrected chi connectivity index (χ4v) is 3.11. The predicted octanol–water partition coefficient (Wildman–Crippen LogP) is 5.92. The Bertz CT molecular complexity index is 897. The van der Waals surface area contributed by atoms with Gasteiger partial charge in [-0.1, -0.05) is 54.1 Å². The van der Waals surface area contributed by atoms with Crippen molar-refractivity contribution in [2.24, 2.45) is 0 Å². The Hall–Kier alpha value is -2.56. The van der Waals surface area contributed by atoms with Crippen LogP contribution in [0.15, 0.2) is 66.7 Å². The number of nitrogens with one attached hydrogen (secondary N) is 1. The molecule has 1 unspecified atom stereocenters. The number of methoxy groups -OCH3 is 1. The average Bonchev–Trinajstić information content (AvgIpc) is 2.72. The third-order valence-corrected chi connectivity index (χ3v) is 4.93. The van der Waals surface area contributed by atoms with E-state index in [1.807, 2.05) is 36.4 Å². The van der Waals surface area contributed by atoms with Gasteiger partial charge in [-0.25, -0.2) is 4.39 Å². The summed E-state index contributed by atoms with van der Waals surface area (Å²) >= 11 is 6.06. The fourth-order valence-electron chi connectivity index (χ4n) is 2.89. The van der Waals surface area contributed by atoms with Gasteiger partial charge in [-0.2, -0.15) is 0 Å². The molecule has 1 N–H and O–H groups in total. The van der Waals surface area contributed by atoms with Crippen molar-refractivity contribution in [3.63, 3.8) is 0 Å². The highest BCUT2D eigenvalue weighted by molar-refractivity contribution is 6.31. The first-order chi connectivity index (χ1) is 13.6. The topological polar surface area (TPSA) is 30.5 Å². The molecule has 0 amide bonds. The Labute approximate surface area is 170 Å². The van der Waals surface area contributed by atoms with Crippen molar-refractivity contribution in [1.82, 2.24) is 5.32 Å². The molecule has 0 fully saturated rings. The zero-order chi connectivity index (χ0) is 19.9. The third kappa shape index (κ3) is 5.03. The monoisotopic (exact) mass is 399 g/mol. The van der Waals surface area contributed by atoms with Crippen LogP contribution in [0.3, 0.4) is 0 Å². The lowest BCUT2D eigenvalue weighted by atomic mass is 10.1. The highest BCUT2D eigenvalue weighted by Gasteiger charge is 2.11. The maximum absolute atomic E-state index is 13.9. The van der Waals surface area contributed by atoms with Gasteiger partial charge in [-0.15, -0.1) is 0 Å². The quantitative estimate of drug-likeness (QED) is 0.510. The van der Waals surface area contributed by atoms with Crippen LogP contribution in [-0.2, 0) is 13.2 Å². The van der Waals surface area contributed by atoms with E-state index in [0.717, 1.165) is 5.56 Å². The highest BCUT2D eigenvalue weighted by atomic mass is 35.5. The smallest absolute Gasteiger partial charge is 0.161 e. The fraction of sp³-hybridized carbons (Fsp3) is 0.217. The maximum Gasteiger partial charge on any atom is 0.161 e. The van der Waals surface area contributed by atoms with Crippen LogP contribution >= 0.6 is 11.6 Å². The van der Waals surface area contributed by atoms with Crippen LogP contribution in [0.2, 0.25) is 5.02 Å². The van der Waals surface area contributed by atoms with Crippen molar-refractivity contribution < 1.29 is 13.9 Å². The van der Waals surface area contributed by atoms with Crippen molar-refractivity contribution in [3.05, 3.63) is 94.3 Å².